The van der Waals surface area contributed by atoms with E-state index in [2.05, 4.69) is 25.4 Å². The number of benzene rings is 3. The number of amides is 2. The predicted molar refractivity (Wildman–Crippen MR) is 160 cm³/mol. The van der Waals surface area contributed by atoms with Gasteiger partial charge >= 0.3 is 0 Å². The first-order valence-corrected chi connectivity index (χ1v) is 15.9. The van der Waals surface area contributed by atoms with Crippen molar-refractivity contribution >= 4 is 27.3 Å². The van der Waals surface area contributed by atoms with Crippen molar-refractivity contribution in [3.05, 3.63) is 89.5 Å². The Morgan fingerprint density at radius 2 is 1.62 bits per heavy atom. The number of anilines is 1. The van der Waals surface area contributed by atoms with Gasteiger partial charge in [0.25, 0.3) is 5.91 Å². The van der Waals surface area contributed by atoms with Gasteiger partial charge < -0.3 is 10.2 Å². The molecule has 2 fully saturated rings. The molecule has 0 unspecified atom stereocenters. The van der Waals surface area contributed by atoms with E-state index < -0.39 is 9.84 Å². The van der Waals surface area contributed by atoms with Crippen molar-refractivity contribution < 1.29 is 18.0 Å². The Hall–Kier alpha value is -4.35. The van der Waals surface area contributed by atoms with Gasteiger partial charge in [-0.2, -0.15) is 5.10 Å². The summed E-state index contributed by atoms with van der Waals surface area (Å²) in [5, 5.41) is 10.3. The predicted octanol–water partition coefficient (Wildman–Crippen LogP) is 3.74. The van der Waals surface area contributed by atoms with Crippen LogP contribution >= 0.6 is 0 Å². The van der Waals surface area contributed by atoms with Gasteiger partial charge in [0.15, 0.2) is 21.5 Å². The molecular formula is C31H32N6O4S. The van der Waals surface area contributed by atoms with Crippen molar-refractivity contribution in [2.75, 3.05) is 36.5 Å². The first-order valence-electron chi connectivity index (χ1n) is 14.0. The highest BCUT2D eigenvalue weighted by atomic mass is 32.2. The van der Waals surface area contributed by atoms with Crippen molar-refractivity contribution in [1.29, 1.82) is 0 Å². The van der Waals surface area contributed by atoms with Crippen LogP contribution in [0.3, 0.4) is 0 Å². The van der Waals surface area contributed by atoms with Crippen LogP contribution in [-0.4, -0.2) is 76.4 Å². The van der Waals surface area contributed by atoms with Crippen LogP contribution in [0, 0.1) is 0 Å². The van der Waals surface area contributed by atoms with E-state index in [1.807, 2.05) is 71.6 Å². The summed E-state index contributed by atoms with van der Waals surface area (Å²) in [6.45, 7) is 3.06. The van der Waals surface area contributed by atoms with Gasteiger partial charge in [0.05, 0.1) is 11.5 Å². The lowest BCUT2D eigenvalue weighted by Crippen LogP contribution is -2.39. The van der Waals surface area contributed by atoms with E-state index in [9.17, 15) is 18.0 Å². The fourth-order valence-electron chi connectivity index (χ4n) is 5.26. The normalized spacial score (nSPS) is 17.0. The molecule has 216 valence electrons. The Balaban J connectivity index is 1.06. The first-order chi connectivity index (χ1) is 20.3. The summed E-state index contributed by atoms with van der Waals surface area (Å²) < 4.78 is 23.4. The number of sulfone groups is 1. The fraction of sp³-hybridized carbons (Fsp3) is 0.290. The van der Waals surface area contributed by atoms with Crippen LogP contribution in [0.25, 0.3) is 22.8 Å². The third-order valence-electron chi connectivity index (χ3n) is 7.69. The zero-order valence-corrected chi connectivity index (χ0v) is 23.9. The van der Waals surface area contributed by atoms with Crippen molar-refractivity contribution in [2.24, 2.45) is 0 Å². The Kier molecular flexibility index (Phi) is 7.86. The monoisotopic (exact) mass is 584 g/mol. The SMILES string of the molecule is O=C(Nc1ccc(-c2n[nH]c(-c3ccc(CN4CCCC4=O)cc3)n2)cc1)c1cccc(CN2CCS(=O)(=O)CC2)c1. The van der Waals surface area contributed by atoms with E-state index in [1.165, 1.54) is 0 Å². The summed E-state index contributed by atoms with van der Waals surface area (Å²) in [6, 6.07) is 22.7. The van der Waals surface area contributed by atoms with E-state index >= 15 is 0 Å². The van der Waals surface area contributed by atoms with Gasteiger partial charge in [-0.05, 0) is 53.9 Å². The van der Waals surface area contributed by atoms with Crippen LogP contribution in [0.1, 0.15) is 34.3 Å². The quantitative estimate of drug-likeness (QED) is 0.323. The molecule has 2 saturated heterocycles. The summed E-state index contributed by atoms with van der Waals surface area (Å²) in [6.07, 6.45) is 1.56. The molecule has 11 heteroatoms. The van der Waals surface area contributed by atoms with Gasteiger partial charge in [0.1, 0.15) is 0 Å². The number of nitrogens with zero attached hydrogens (tertiary/aromatic N) is 4. The maximum absolute atomic E-state index is 12.9. The van der Waals surface area contributed by atoms with Crippen molar-refractivity contribution in [1.82, 2.24) is 25.0 Å². The Morgan fingerprint density at radius 1 is 0.881 bits per heavy atom. The summed E-state index contributed by atoms with van der Waals surface area (Å²) in [5.41, 5.74) is 4.95. The average Bonchev–Trinajstić information content (AvgIpc) is 3.65. The summed E-state index contributed by atoms with van der Waals surface area (Å²) in [5.74, 6) is 1.54. The zero-order chi connectivity index (χ0) is 29.1. The number of hydrogen-bond donors (Lipinski definition) is 2. The van der Waals surface area contributed by atoms with E-state index in [-0.39, 0.29) is 23.3 Å². The summed E-state index contributed by atoms with van der Waals surface area (Å²) in [4.78, 5) is 33.5. The number of aromatic nitrogens is 3. The van der Waals surface area contributed by atoms with Crippen LogP contribution in [0.15, 0.2) is 72.8 Å². The second-order valence-electron chi connectivity index (χ2n) is 10.8. The summed E-state index contributed by atoms with van der Waals surface area (Å²) >= 11 is 0. The fourth-order valence-corrected chi connectivity index (χ4v) is 6.54. The topological polar surface area (TPSA) is 128 Å². The molecule has 2 aliphatic heterocycles. The molecule has 1 aromatic heterocycles. The van der Waals surface area contributed by atoms with Crippen LogP contribution < -0.4 is 5.32 Å². The highest BCUT2D eigenvalue weighted by molar-refractivity contribution is 7.91. The lowest BCUT2D eigenvalue weighted by atomic mass is 10.1. The largest absolute Gasteiger partial charge is 0.338 e. The minimum Gasteiger partial charge on any atom is -0.338 e. The van der Waals surface area contributed by atoms with Gasteiger partial charge in [-0.3, -0.25) is 19.6 Å². The van der Waals surface area contributed by atoms with E-state index in [1.54, 1.807) is 6.07 Å². The number of hydrogen-bond acceptors (Lipinski definition) is 7. The van der Waals surface area contributed by atoms with Crippen molar-refractivity contribution in [3.63, 3.8) is 0 Å². The second-order valence-corrected chi connectivity index (χ2v) is 13.1. The standard InChI is InChI=1S/C31H32N6O4S/c38-28-5-2-14-37(28)21-22-6-8-24(9-7-22)29-33-30(35-34-29)25-10-12-27(13-11-25)32-31(39)26-4-1-3-23(19-26)20-36-15-17-42(40,41)18-16-36/h1,3-4,6-13,19H,2,5,14-18,20-21H2,(H,32,39)(H,33,34,35). The molecule has 0 aliphatic carbocycles. The lowest BCUT2D eigenvalue weighted by molar-refractivity contribution is -0.128. The molecule has 10 nitrogen and oxygen atoms in total. The molecule has 0 bridgehead atoms. The van der Waals surface area contributed by atoms with Gasteiger partial charge in [0, 0.05) is 61.5 Å². The number of nitrogens with one attached hydrogen (secondary N) is 2. The maximum Gasteiger partial charge on any atom is 0.255 e. The molecule has 2 aliphatic rings. The van der Waals surface area contributed by atoms with Crippen LogP contribution in [0.4, 0.5) is 5.69 Å². The molecule has 0 spiro atoms. The molecule has 2 amide bonds. The molecular weight excluding hydrogens is 552 g/mol. The third-order valence-corrected chi connectivity index (χ3v) is 9.30. The van der Waals surface area contributed by atoms with Crippen molar-refractivity contribution in [2.45, 2.75) is 25.9 Å². The van der Waals surface area contributed by atoms with Crippen molar-refractivity contribution in [3.8, 4) is 22.8 Å². The number of carbonyl (C=O) groups excluding carboxylic acids is 2. The average molecular weight is 585 g/mol. The van der Waals surface area contributed by atoms with E-state index in [4.69, 9.17) is 0 Å². The molecule has 6 rings (SSSR count). The van der Waals surface area contributed by atoms with Gasteiger partial charge in [-0.1, -0.05) is 36.4 Å². The minimum atomic E-state index is -2.93. The molecule has 4 aromatic rings. The van der Waals surface area contributed by atoms with Crippen LogP contribution in [-0.2, 0) is 27.7 Å². The van der Waals surface area contributed by atoms with E-state index in [0.29, 0.717) is 55.5 Å². The smallest absolute Gasteiger partial charge is 0.255 e. The van der Waals surface area contributed by atoms with Gasteiger partial charge in [-0.25, -0.2) is 13.4 Å². The number of likely N-dealkylation sites (tertiary alicyclic amines) is 1. The molecule has 42 heavy (non-hydrogen) atoms. The van der Waals surface area contributed by atoms with E-state index in [0.717, 1.165) is 35.2 Å². The van der Waals surface area contributed by atoms with Gasteiger partial charge in [0.2, 0.25) is 5.91 Å². The lowest BCUT2D eigenvalue weighted by Gasteiger charge is -2.26. The number of rotatable bonds is 8. The molecule has 0 saturated carbocycles. The molecule has 3 aromatic carbocycles. The third kappa shape index (κ3) is 6.58. The van der Waals surface area contributed by atoms with Crippen LogP contribution in [0.5, 0.6) is 0 Å². The minimum absolute atomic E-state index is 0.175. The maximum atomic E-state index is 12.9. The Bertz CT molecular complexity index is 1690. The zero-order valence-electron chi connectivity index (χ0n) is 23.1. The first kappa shape index (κ1) is 27.8. The summed E-state index contributed by atoms with van der Waals surface area (Å²) in [7, 11) is -2.93. The van der Waals surface area contributed by atoms with Gasteiger partial charge in [-0.15, -0.1) is 0 Å². The Labute approximate surface area is 244 Å². The Morgan fingerprint density at radius 3 is 2.33 bits per heavy atom. The molecule has 0 atom stereocenters. The molecule has 2 N–H and O–H groups in total. The highest BCUT2D eigenvalue weighted by Crippen LogP contribution is 2.23. The second kappa shape index (κ2) is 11.9. The number of H-pyrrole nitrogens is 1. The number of aromatic amines is 1. The van der Waals surface area contributed by atoms with Crippen LogP contribution in [0.2, 0.25) is 0 Å². The molecule has 3 heterocycles. The molecule has 0 radical (unpaired) electrons. The number of carbonyl (C=O) groups is 2. The highest BCUT2D eigenvalue weighted by Gasteiger charge is 2.22.